The number of rotatable bonds is 4. The molecule has 0 heterocycles. The normalized spacial score (nSPS) is 9.21. The van der Waals surface area contributed by atoms with Crippen LogP contribution in [0.15, 0.2) is 18.2 Å². The van der Waals surface area contributed by atoms with Gasteiger partial charge in [0.05, 0.1) is 13.2 Å². The first-order valence-corrected chi connectivity index (χ1v) is 4.67. The van der Waals surface area contributed by atoms with Crippen molar-refractivity contribution < 1.29 is 9.47 Å². The Morgan fingerprint density at radius 3 is 1.93 bits per heavy atom. The lowest BCUT2D eigenvalue weighted by Gasteiger charge is -2.07. The maximum atomic E-state index is 5.36. The van der Waals surface area contributed by atoms with Crippen LogP contribution >= 0.6 is 0 Å². The fraction of sp³-hybridized carbons (Fsp3) is 0.333. The number of hydrogen-bond acceptors (Lipinski definition) is 2. The van der Waals surface area contributed by atoms with Gasteiger partial charge in [-0.15, -0.1) is 6.42 Å². The molecule has 0 N–H and O–H groups in total. The molecular formula is C12H14O2. The summed E-state index contributed by atoms with van der Waals surface area (Å²) in [6, 6.07) is 5.49. The molecular weight excluding hydrogens is 176 g/mol. The van der Waals surface area contributed by atoms with Gasteiger partial charge in [0.1, 0.15) is 11.5 Å². The molecule has 74 valence electrons. The van der Waals surface area contributed by atoms with Crippen molar-refractivity contribution in [1.82, 2.24) is 0 Å². The van der Waals surface area contributed by atoms with Crippen LogP contribution in [0, 0.1) is 12.3 Å². The van der Waals surface area contributed by atoms with Gasteiger partial charge in [-0.25, -0.2) is 0 Å². The van der Waals surface area contributed by atoms with Gasteiger partial charge < -0.3 is 9.47 Å². The Bertz CT molecular complexity index is 312. The van der Waals surface area contributed by atoms with E-state index in [2.05, 4.69) is 5.92 Å². The Hall–Kier alpha value is -1.62. The quantitative estimate of drug-likeness (QED) is 0.679. The average Bonchev–Trinajstić information content (AvgIpc) is 2.18. The first-order valence-electron chi connectivity index (χ1n) is 4.67. The van der Waals surface area contributed by atoms with Gasteiger partial charge in [-0.3, -0.25) is 0 Å². The van der Waals surface area contributed by atoms with Crippen LogP contribution in [0.2, 0.25) is 0 Å². The van der Waals surface area contributed by atoms with Crippen molar-refractivity contribution in [2.75, 3.05) is 13.2 Å². The van der Waals surface area contributed by atoms with Crippen LogP contribution in [-0.2, 0) is 0 Å². The molecule has 0 spiro atoms. The minimum absolute atomic E-state index is 0.625. The van der Waals surface area contributed by atoms with Gasteiger partial charge in [-0.1, -0.05) is 5.92 Å². The van der Waals surface area contributed by atoms with Crippen molar-refractivity contribution >= 4 is 0 Å². The van der Waals surface area contributed by atoms with Crippen LogP contribution in [-0.4, -0.2) is 13.2 Å². The van der Waals surface area contributed by atoms with E-state index in [-0.39, 0.29) is 0 Å². The Kier molecular flexibility index (Phi) is 3.87. The third-order valence-corrected chi connectivity index (χ3v) is 1.67. The van der Waals surface area contributed by atoms with Crippen LogP contribution < -0.4 is 9.47 Å². The third-order valence-electron chi connectivity index (χ3n) is 1.67. The fourth-order valence-electron chi connectivity index (χ4n) is 1.16. The highest BCUT2D eigenvalue weighted by molar-refractivity contribution is 5.45. The molecule has 1 aromatic rings. The lowest BCUT2D eigenvalue weighted by Crippen LogP contribution is -1.95. The molecule has 1 aromatic carbocycles. The molecule has 0 atom stereocenters. The van der Waals surface area contributed by atoms with E-state index in [1.165, 1.54) is 0 Å². The second-order valence-corrected chi connectivity index (χ2v) is 2.70. The Balaban J connectivity index is 2.95. The summed E-state index contributed by atoms with van der Waals surface area (Å²) in [7, 11) is 0. The molecule has 0 aliphatic carbocycles. The minimum Gasteiger partial charge on any atom is -0.494 e. The molecule has 0 radical (unpaired) electrons. The summed E-state index contributed by atoms with van der Waals surface area (Å²) in [5, 5.41) is 0. The van der Waals surface area contributed by atoms with E-state index in [4.69, 9.17) is 15.9 Å². The lowest BCUT2D eigenvalue weighted by molar-refractivity contribution is 0.323. The zero-order valence-corrected chi connectivity index (χ0v) is 8.54. The minimum atomic E-state index is 0.625. The van der Waals surface area contributed by atoms with Crippen molar-refractivity contribution in [2.45, 2.75) is 13.8 Å². The SMILES string of the molecule is C#Cc1cc(OCC)cc(OCC)c1. The monoisotopic (exact) mass is 190 g/mol. The number of hydrogen-bond donors (Lipinski definition) is 0. The predicted octanol–water partition coefficient (Wildman–Crippen LogP) is 2.47. The van der Waals surface area contributed by atoms with E-state index in [0.717, 1.165) is 17.1 Å². The van der Waals surface area contributed by atoms with E-state index < -0.39 is 0 Å². The predicted molar refractivity (Wildman–Crippen MR) is 56.7 cm³/mol. The van der Waals surface area contributed by atoms with Gasteiger partial charge in [0, 0.05) is 11.6 Å². The summed E-state index contributed by atoms with van der Waals surface area (Å²) < 4.78 is 10.7. The Morgan fingerprint density at radius 2 is 1.57 bits per heavy atom. The summed E-state index contributed by atoms with van der Waals surface area (Å²) in [6.07, 6.45) is 5.32. The fourth-order valence-corrected chi connectivity index (χ4v) is 1.16. The zero-order chi connectivity index (χ0) is 10.4. The van der Waals surface area contributed by atoms with Crippen LogP contribution in [0.25, 0.3) is 0 Å². The molecule has 0 fully saturated rings. The molecule has 0 saturated heterocycles. The highest BCUT2D eigenvalue weighted by atomic mass is 16.5. The van der Waals surface area contributed by atoms with Gasteiger partial charge in [0.15, 0.2) is 0 Å². The van der Waals surface area contributed by atoms with Crippen LogP contribution in [0.1, 0.15) is 19.4 Å². The smallest absolute Gasteiger partial charge is 0.124 e. The second-order valence-electron chi connectivity index (χ2n) is 2.70. The number of terminal acetylenes is 1. The van der Waals surface area contributed by atoms with Gasteiger partial charge in [-0.2, -0.15) is 0 Å². The van der Waals surface area contributed by atoms with Crippen molar-refractivity contribution in [1.29, 1.82) is 0 Å². The van der Waals surface area contributed by atoms with E-state index >= 15 is 0 Å². The first-order chi connectivity index (χ1) is 6.80. The van der Waals surface area contributed by atoms with E-state index in [1.807, 2.05) is 32.0 Å². The standard InChI is InChI=1S/C12H14O2/c1-4-10-7-11(13-5-2)9-12(8-10)14-6-3/h1,7-9H,5-6H2,2-3H3. The zero-order valence-electron chi connectivity index (χ0n) is 8.54. The van der Waals surface area contributed by atoms with Crippen molar-refractivity contribution in [3.05, 3.63) is 23.8 Å². The Morgan fingerprint density at radius 1 is 1.07 bits per heavy atom. The van der Waals surface area contributed by atoms with E-state index in [1.54, 1.807) is 0 Å². The summed E-state index contributed by atoms with van der Waals surface area (Å²) in [4.78, 5) is 0. The highest BCUT2D eigenvalue weighted by Gasteiger charge is 2.00. The molecule has 0 aromatic heterocycles. The molecule has 0 unspecified atom stereocenters. The molecule has 0 amide bonds. The summed E-state index contributed by atoms with van der Waals surface area (Å²) in [6.45, 7) is 5.12. The van der Waals surface area contributed by atoms with Gasteiger partial charge in [-0.05, 0) is 26.0 Å². The van der Waals surface area contributed by atoms with E-state index in [9.17, 15) is 0 Å². The highest BCUT2D eigenvalue weighted by Crippen LogP contribution is 2.22. The van der Waals surface area contributed by atoms with Crippen LogP contribution in [0.4, 0.5) is 0 Å². The van der Waals surface area contributed by atoms with Crippen LogP contribution in [0.5, 0.6) is 11.5 Å². The molecule has 0 aliphatic heterocycles. The van der Waals surface area contributed by atoms with Crippen molar-refractivity contribution in [3.8, 4) is 23.8 Å². The summed E-state index contributed by atoms with van der Waals surface area (Å²) >= 11 is 0. The number of benzene rings is 1. The summed E-state index contributed by atoms with van der Waals surface area (Å²) in [5.74, 6) is 4.08. The molecule has 2 heteroatoms. The average molecular weight is 190 g/mol. The maximum absolute atomic E-state index is 5.36. The molecule has 14 heavy (non-hydrogen) atoms. The molecule has 1 rings (SSSR count). The third kappa shape index (κ3) is 2.70. The Labute approximate surface area is 84.8 Å². The first kappa shape index (κ1) is 10.5. The largest absolute Gasteiger partial charge is 0.494 e. The summed E-state index contributed by atoms with van der Waals surface area (Å²) in [5.41, 5.74) is 0.777. The van der Waals surface area contributed by atoms with Gasteiger partial charge >= 0.3 is 0 Å². The lowest BCUT2D eigenvalue weighted by atomic mass is 10.2. The molecule has 0 bridgehead atoms. The topological polar surface area (TPSA) is 18.5 Å². The van der Waals surface area contributed by atoms with Crippen molar-refractivity contribution in [2.24, 2.45) is 0 Å². The van der Waals surface area contributed by atoms with E-state index in [0.29, 0.717) is 13.2 Å². The molecule has 2 nitrogen and oxygen atoms in total. The van der Waals surface area contributed by atoms with Gasteiger partial charge in [0.25, 0.3) is 0 Å². The number of ether oxygens (including phenoxy) is 2. The molecule has 0 saturated carbocycles. The maximum Gasteiger partial charge on any atom is 0.124 e. The second kappa shape index (κ2) is 5.18. The van der Waals surface area contributed by atoms with Crippen LogP contribution in [0.3, 0.4) is 0 Å². The van der Waals surface area contributed by atoms with Crippen molar-refractivity contribution in [3.63, 3.8) is 0 Å². The van der Waals surface area contributed by atoms with Gasteiger partial charge in [0.2, 0.25) is 0 Å². The molecule has 0 aliphatic rings.